The van der Waals surface area contributed by atoms with Crippen molar-refractivity contribution in [1.82, 2.24) is 10.2 Å². The summed E-state index contributed by atoms with van der Waals surface area (Å²) in [5, 5.41) is 13.8. The molecule has 1 heterocycles. The van der Waals surface area contributed by atoms with Gasteiger partial charge in [0.15, 0.2) is 0 Å². The molecule has 2 fully saturated rings. The Kier molecular flexibility index (Phi) is 5.91. The van der Waals surface area contributed by atoms with Crippen LogP contribution >= 0.6 is 0 Å². The number of carbonyl (C=O) groups is 1. The highest BCUT2D eigenvalue weighted by atomic mass is 19.1. The van der Waals surface area contributed by atoms with Crippen molar-refractivity contribution < 1.29 is 23.8 Å². The molecule has 150 valence electrons. The van der Waals surface area contributed by atoms with Crippen molar-refractivity contribution in [2.75, 3.05) is 13.1 Å². The quantitative estimate of drug-likeness (QED) is 0.840. The van der Waals surface area contributed by atoms with Gasteiger partial charge in [0.25, 0.3) is 0 Å². The van der Waals surface area contributed by atoms with Crippen LogP contribution in [0.2, 0.25) is 0 Å². The molecule has 4 atom stereocenters. The third-order valence-corrected chi connectivity index (χ3v) is 4.98. The van der Waals surface area contributed by atoms with Gasteiger partial charge in [-0.15, -0.1) is 0 Å². The van der Waals surface area contributed by atoms with E-state index in [0.717, 1.165) is 25.9 Å². The van der Waals surface area contributed by atoms with Crippen LogP contribution in [-0.2, 0) is 4.74 Å². The SMILES string of the molecule is CC(C)(C)OC(=O)N[C@@H]1C[C@@H](Oc2cccc(F)c2)[C@H](O)[C@H]1N1CCCC1. The van der Waals surface area contributed by atoms with Gasteiger partial charge in [0.2, 0.25) is 0 Å². The van der Waals surface area contributed by atoms with Gasteiger partial charge in [-0.3, -0.25) is 4.90 Å². The number of ether oxygens (including phenoxy) is 2. The number of benzene rings is 1. The number of aliphatic hydroxyl groups is 1. The molecule has 0 bridgehead atoms. The van der Waals surface area contributed by atoms with Crippen molar-refractivity contribution in [3.05, 3.63) is 30.1 Å². The van der Waals surface area contributed by atoms with Gasteiger partial charge in [-0.25, -0.2) is 9.18 Å². The molecule has 1 saturated heterocycles. The van der Waals surface area contributed by atoms with Crippen LogP contribution in [0.4, 0.5) is 9.18 Å². The molecule has 1 saturated carbocycles. The minimum Gasteiger partial charge on any atom is -0.487 e. The van der Waals surface area contributed by atoms with Crippen LogP contribution in [0.25, 0.3) is 0 Å². The minimum absolute atomic E-state index is 0.251. The molecule has 27 heavy (non-hydrogen) atoms. The number of hydrogen-bond acceptors (Lipinski definition) is 5. The van der Waals surface area contributed by atoms with E-state index in [1.165, 1.54) is 12.1 Å². The molecule has 2 aliphatic rings. The minimum atomic E-state index is -0.786. The predicted octanol–water partition coefficient (Wildman–Crippen LogP) is 2.70. The Balaban J connectivity index is 1.72. The van der Waals surface area contributed by atoms with E-state index in [1.807, 2.05) is 20.8 Å². The van der Waals surface area contributed by atoms with Crippen molar-refractivity contribution in [1.29, 1.82) is 0 Å². The number of nitrogens with one attached hydrogen (secondary N) is 1. The molecular formula is C20H29FN2O4. The summed E-state index contributed by atoms with van der Waals surface area (Å²) in [5.74, 6) is -0.0170. The van der Waals surface area contributed by atoms with Gasteiger partial charge in [0.1, 0.15) is 29.4 Å². The Bertz CT molecular complexity index is 658. The largest absolute Gasteiger partial charge is 0.487 e. The molecule has 1 aromatic carbocycles. The van der Waals surface area contributed by atoms with E-state index in [1.54, 1.807) is 12.1 Å². The third kappa shape index (κ3) is 5.11. The summed E-state index contributed by atoms with van der Waals surface area (Å²) in [7, 11) is 0. The van der Waals surface area contributed by atoms with Crippen molar-refractivity contribution in [2.24, 2.45) is 0 Å². The van der Waals surface area contributed by atoms with Gasteiger partial charge in [0, 0.05) is 12.5 Å². The Labute approximate surface area is 159 Å². The number of rotatable bonds is 4. The highest BCUT2D eigenvalue weighted by Crippen LogP contribution is 2.31. The first-order chi connectivity index (χ1) is 12.7. The Morgan fingerprint density at radius 3 is 2.63 bits per heavy atom. The molecule has 7 heteroatoms. The summed E-state index contributed by atoms with van der Waals surface area (Å²) in [5.41, 5.74) is -0.595. The van der Waals surface area contributed by atoms with E-state index in [2.05, 4.69) is 10.2 Å². The van der Waals surface area contributed by atoms with Gasteiger partial charge < -0.3 is 19.9 Å². The lowest BCUT2D eigenvalue weighted by Gasteiger charge is -2.32. The summed E-state index contributed by atoms with van der Waals surface area (Å²) in [4.78, 5) is 14.5. The second kappa shape index (κ2) is 8.02. The van der Waals surface area contributed by atoms with Crippen molar-refractivity contribution >= 4 is 6.09 Å². The molecule has 0 radical (unpaired) electrons. The van der Waals surface area contributed by atoms with Gasteiger partial charge in [-0.1, -0.05) is 6.07 Å². The fraction of sp³-hybridized carbons (Fsp3) is 0.650. The summed E-state index contributed by atoms with van der Waals surface area (Å²) in [6, 6.07) is 5.32. The van der Waals surface area contributed by atoms with E-state index in [-0.39, 0.29) is 17.9 Å². The van der Waals surface area contributed by atoms with E-state index in [9.17, 15) is 14.3 Å². The Morgan fingerprint density at radius 1 is 1.30 bits per heavy atom. The molecule has 1 aliphatic carbocycles. The standard InChI is InChI=1S/C20H29FN2O4/c1-20(2,3)27-19(25)22-15-12-16(26-14-8-6-7-13(21)11-14)18(24)17(15)23-9-4-5-10-23/h6-8,11,15-18,24H,4-5,9-10,12H2,1-3H3,(H,22,25)/t15-,16-,17+,18+/m1/s1. The van der Waals surface area contributed by atoms with Gasteiger partial charge in [0.05, 0.1) is 12.1 Å². The van der Waals surface area contributed by atoms with Gasteiger partial charge >= 0.3 is 6.09 Å². The number of amides is 1. The van der Waals surface area contributed by atoms with Crippen LogP contribution in [-0.4, -0.2) is 59.1 Å². The number of likely N-dealkylation sites (tertiary alicyclic amines) is 1. The van der Waals surface area contributed by atoms with Gasteiger partial charge in [-0.05, 0) is 58.8 Å². The predicted molar refractivity (Wildman–Crippen MR) is 99.2 cm³/mol. The van der Waals surface area contributed by atoms with E-state index >= 15 is 0 Å². The monoisotopic (exact) mass is 380 g/mol. The van der Waals surface area contributed by atoms with E-state index in [4.69, 9.17) is 9.47 Å². The first-order valence-corrected chi connectivity index (χ1v) is 9.57. The second-order valence-corrected chi connectivity index (χ2v) is 8.33. The average molecular weight is 380 g/mol. The smallest absolute Gasteiger partial charge is 0.407 e. The van der Waals surface area contributed by atoms with Crippen LogP contribution in [0.1, 0.15) is 40.0 Å². The van der Waals surface area contributed by atoms with Crippen LogP contribution < -0.4 is 10.1 Å². The zero-order valence-electron chi connectivity index (χ0n) is 16.2. The molecular weight excluding hydrogens is 351 g/mol. The molecule has 0 unspecified atom stereocenters. The molecule has 2 N–H and O–H groups in total. The zero-order valence-corrected chi connectivity index (χ0v) is 16.2. The highest BCUT2D eigenvalue weighted by Gasteiger charge is 2.48. The highest BCUT2D eigenvalue weighted by molar-refractivity contribution is 5.68. The summed E-state index contributed by atoms with van der Waals surface area (Å²) in [6.45, 7) is 7.18. The van der Waals surface area contributed by atoms with Gasteiger partial charge in [-0.2, -0.15) is 0 Å². The topological polar surface area (TPSA) is 71.0 Å². The lowest BCUT2D eigenvalue weighted by atomic mass is 10.1. The number of aliphatic hydroxyl groups excluding tert-OH is 1. The molecule has 1 aromatic rings. The Morgan fingerprint density at radius 2 is 2.00 bits per heavy atom. The normalized spacial score (nSPS) is 28.9. The molecule has 3 rings (SSSR count). The van der Waals surface area contributed by atoms with Crippen LogP contribution in [0.15, 0.2) is 24.3 Å². The number of carbonyl (C=O) groups excluding carboxylic acids is 1. The van der Waals surface area contributed by atoms with Crippen LogP contribution in [0.3, 0.4) is 0 Å². The Hall–Kier alpha value is -1.86. The number of alkyl carbamates (subject to hydrolysis) is 1. The number of halogens is 1. The number of hydrogen-bond donors (Lipinski definition) is 2. The van der Waals surface area contributed by atoms with Crippen molar-refractivity contribution in [3.63, 3.8) is 0 Å². The van der Waals surface area contributed by atoms with Crippen molar-refractivity contribution in [3.8, 4) is 5.75 Å². The fourth-order valence-corrected chi connectivity index (χ4v) is 3.93. The lowest BCUT2D eigenvalue weighted by molar-refractivity contribution is 0.0121. The van der Waals surface area contributed by atoms with Crippen LogP contribution in [0, 0.1) is 5.82 Å². The summed E-state index contributed by atoms with van der Waals surface area (Å²) in [6.07, 6.45) is 0.743. The maximum absolute atomic E-state index is 13.4. The van der Waals surface area contributed by atoms with E-state index in [0.29, 0.717) is 12.2 Å². The molecule has 6 nitrogen and oxygen atoms in total. The van der Waals surface area contributed by atoms with E-state index < -0.39 is 23.9 Å². The molecule has 1 amide bonds. The summed E-state index contributed by atoms with van der Waals surface area (Å²) >= 11 is 0. The maximum Gasteiger partial charge on any atom is 0.407 e. The fourth-order valence-electron chi connectivity index (χ4n) is 3.93. The number of nitrogens with zero attached hydrogens (tertiary/aromatic N) is 1. The van der Waals surface area contributed by atoms with Crippen LogP contribution in [0.5, 0.6) is 5.75 Å². The molecule has 0 spiro atoms. The lowest BCUT2D eigenvalue weighted by Crippen LogP contribution is -2.53. The molecule has 0 aromatic heterocycles. The zero-order chi connectivity index (χ0) is 19.6. The first-order valence-electron chi connectivity index (χ1n) is 9.57. The average Bonchev–Trinajstić information content (AvgIpc) is 3.15. The van der Waals surface area contributed by atoms with Crippen molar-refractivity contribution in [2.45, 2.75) is 69.9 Å². The summed E-state index contributed by atoms with van der Waals surface area (Å²) < 4.78 is 24.7. The second-order valence-electron chi connectivity index (χ2n) is 8.33. The first kappa shape index (κ1) is 19.9. The third-order valence-electron chi connectivity index (χ3n) is 4.98. The maximum atomic E-state index is 13.4. The molecule has 1 aliphatic heterocycles.